The van der Waals surface area contributed by atoms with E-state index in [1.807, 2.05) is 24.4 Å². The Kier molecular flexibility index (Phi) is 6.19. The minimum Gasteiger partial charge on any atom is -0.497 e. The average Bonchev–Trinajstić information content (AvgIpc) is 3.20. The van der Waals surface area contributed by atoms with Gasteiger partial charge in [0.2, 0.25) is 5.88 Å². The number of piperidine rings is 1. The van der Waals surface area contributed by atoms with Crippen LogP contribution in [0.15, 0.2) is 36.7 Å². The summed E-state index contributed by atoms with van der Waals surface area (Å²) in [6.45, 7) is -0.408. The van der Waals surface area contributed by atoms with Gasteiger partial charge in [0.25, 0.3) is 5.91 Å². The molecule has 1 aliphatic rings. The number of aromatic nitrogens is 2. The Bertz CT molecular complexity index is 1120. The second-order valence-electron chi connectivity index (χ2n) is 7.64. The van der Waals surface area contributed by atoms with Crippen molar-refractivity contribution in [2.75, 3.05) is 26.8 Å². The largest absolute Gasteiger partial charge is 0.497 e. The summed E-state index contributed by atoms with van der Waals surface area (Å²) in [5, 5.41) is 0.974. The lowest BCUT2D eigenvalue weighted by molar-refractivity contribution is -0.154. The Morgan fingerprint density at radius 3 is 2.69 bits per heavy atom. The molecule has 0 unspecified atom stereocenters. The maximum absolute atomic E-state index is 12.9. The number of fused-ring (bicyclic) bond motifs is 1. The summed E-state index contributed by atoms with van der Waals surface area (Å²) >= 11 is 5.97. The molecule has 0 spiro atoms. The van der Waals surface area contributed by atoms with Gasteiger partial charge in [-0.25, -0.2) is 4.98 Å². The van der Waals surface area contributed by atoms with Gasteiger partial charge in [-0.1, -0.05) is 11.6 Å². The molecular formula is C22H21ClF3N3O3. The van der Waals surface area contributed by atoms with Crippen LogP contribution < -0.4 is 9.47 Å². The van der Waals surface area contributed by atoms with Crippen molar-refractivity contribution >= 4 is 28.4 Å². The van der Waals surface area contributed by atoms with E-state index in [0.717, 1.165) is 29.5 Å². The van der Waals surface area contributed by atoms with Crippen molar-refractivity contribution in [3.63, 3.8) is 0 Å². The second-order valence-corrected chi connectivity index (χ2v) is 8.04. The number of nitrogens with zero attached hydrogens (tertiary/aromatic N) is 2. The first-order valence-electron chi connectivity index (χ1n) is 10.0. The highest BCUT2D eigenvalue weighted by Crippen LogP contribution is 2.35. The molecule has 0 bridgehead atoms. The predicted molar refractivity (Wildman–Crippen MR) is 114 cm³/mol. The fourth-order valence-electron chi connectivity index (χ4n) is 3.96. The third-order valence-corrected chi connectivity index (χ3v) is 5.84. The van der Waals surface area contributed by atoms with Gasteiger partial charge in [-0.05, 0) is 48.6 Å². The molecule has 1 N–H and O–H groups in total. The molecule has 10 heteroatoms. The second kappa shape index (κ2) is 8.90. The monoisotopic (exact) mass is 467 g/mol. The number of rotatable bonds is 5. The van der Waals surface area contributed by atoms with Crippen molar-refractivity contribution in [1.29, 1.82) is 0 Å². The normalized spacial score (nSPS) is 15.2. The van der Waals surface area contributed by atoms with Crippen molar-refractivity contribution in [3.05, 3.63) is 52.8 Å². The van der Waals surface area contributed by atoms with Gasteiger partial charge in [-0.3, -0.25) is 4.79 Å². The lowest BCUT2D eigenvalue weighted by Gasteiger charge is -2.32. The molecule has 1 amide bonds. The summed E-state index contributed by atoms with van der Waals surface area (Å²) < 4.78 is 46.9. The number of methoxy groups -OCH3 is 1. The summed E-state index contributed by atoms with van der Waals surface area (Å²) in [4.78, 5) is 21.6. The fourth-order valence-corrected chi connectivity index (χ4v) is 4.18. The lowest BCUT2D eigenvalue weighted by atomic mass is 9.89. The van der Waals surface area contributed by atoms with Gasteiger partial charge < -0.3 is 19.4 Å². The van der Waals surface area contributed by atoms with Crippen molar-refractivity contribution in [3.8, 4) is 11.6 Å². The van der Waals surface area contributed by atoms with E-state index >= 15 is 0 Å². The molecule has 0 aliphatic carbocycles. The zero-order valence-corrected chi connectivity index (χ0v) is 18.0. The fraction of sp³-hybridized carbons (Fsp3) is 0.364. The number of carbonyl (C=O) groups excluding carboxylic acids is 1. The van der Waals surface area contributed by atoms with E-state index in [9.17, 15) is 18.0 Å². The van der Waals surface area contributed by atoms with Crippen LogP contribution in [-0.4, -0.2) is 53.8 Å². The van der Waals surface area contributed by atoms with Crippen LogP contribution in [0.2, 0.25) is 5.02 Å². The van der Waals surface area contributed by atoms with E-state index in [1.165, 1.54) is 17.8 Å². The zero-order chi connectivity index (χ0) is 22.9. The number of halogens is 4. The van der Waals surface area contributed by atoms with Gasteiger partial charge in [-0.2, -0.15) is 13.2 Å². The molecule has 1 fully saturated rings. The Morgan fingerprint density at radius 2 is 2.03 bits per heavy atom. The number of ether oxygens (including phenoxy) is 2. The minimum absolute atomic E-state index is 0.136. The van der Waals surface area contributed by atoms with Crippen LogP contribution in [0.25, 0.3) is 10.9 Å². The van der Waals surface area contributed by atoms with Crippen LogP contribution in [0.3, 0.4) is 0 Å². The predicted octanol–water partition coefficient (Wildman–Crippen LogP) is 5.19. The molecule has 3 aromatic rings. The quantitative estimate of drug-likeness (QED) is 0.561. The Hall–Kier alpha value is -2.94. The van der Waals surface area contributed by atoms with Gasteiger partial charge in [-0.15, -0.1) is 0 Å². The smallest absolute Gasteiger partial charge is 0.422 e. The number of alkyl halides is 3. The number of carbonyl (C=O) groups is 1. The van der Waals surface area contributed by atoms with E-state index < -0.39 is 12.8 Å². The molecule has 1 aliphatic heterocycles. The standard InChI is InChI=1S/C22H21ClF3N3O3/c1-31-15-2-3-19-16(9-15)17(11-27-19)13-4-6-29(7-5-13)21(30)14-8-18(23)20(28-10-14)32-12-22(24,25)26/h2-3,8-11,13,27H,4-7,12H2,1H3. The molecule has 0 atom stereocenters. The van der Waals surface area contributed by atoms with Crippen molar-refractivity contribution in [2.24, 2.45) is 0 Å². The number of aromatic amines is 1. The number of hydrogen-bond acceptors (Lipinski definition) is 4. The lowest BCUT2D eigenvalue weighted by Crippen LogP contribution is -2.38. The highest BCUT2D eigenvalue weighted by molar-refractivity contribution is 6.32. The van der Waals surface area contributed by atoms with Crippen molar-refractivity contribution < 1.29 is 27.4 Å². The summed E-state index contributed by atoms with van der Waals surface area (Å²) in [5.41, 5.74) is 2.44. The first-order valence-corrected chi connectivity index (χ1v) is 10.4. The Balaban J connectivity index is 1.41. The van der Waals surface area contributed by atoms with Gasteiger partial charge in [0, 0.05) is 36.4 Å². The van der Waals surface area contributed by atoms with Crippen LogP contribution in [-0.2, 0) is 0 Å². The summed E-state index contributed by atoms with van der Waals surface area (Å²) in [5.74, 6) is 0.465. The summed E-state index contributed by atoms with van der Waals surface area (Å²) in [6, 6.07) is 7.19. The van der Waals surface area contributed by atoms with Crippen LogP contribution in [0.5, 0.6) is 11.6 Å². The molecule has 0 radical (unpaired) electrons. The Morgan fingerprint density at radius 1 is 1.28 bits per heavy atom. The highest BCUT2D eigenvalue weighted by Gasteiger charge is 2.30. The number of nitrogens with one attached hydrogen (secondary N) is 1. The van der Waals surface area contributed by atoms with Gasteiger partial charge in [0.05, 0.1) is 12.7 Å². The first-order chi connectivity index (χ1) is 15.2. The highest BCUT2D eigenvalue weighted by atomic mass is 35.5. The molecule has 4 rings (SSSR count). The molecule has 1 saturated heterocycles. The topological polar surface area (TPSA) is 67.5 Å². The van der Waals surface area contributed by atoms with E-state index in [-0.39, 0.29) is 22.4 Å². The number of amides is 1. The number of hydrogen-bond donors (Lipinski definition) is 1. The molecule has 32 heavy (non-hydrogen) atoms. The molecule has 6 nitrogen and oxygen atoms in total. The first kappa shape index (κ1) is 22.3. The number of likely N-dealkylation sites (tertiary alicyclic amines) is 1. The molecule has 3 heterocycles. The van der Waals surface area contributed by atoms with E-state index in [1.54, 1.807) is 12.0 Å². The molecular weight excluding hydrogens is 447 g/mol. The van der Waals surface area contributed by atoms with Crippen LogP contribution in [0.1, 0.15) is 34.7 Å². The van der Waals surface area contributed by atoms with Crippen LogP contribution in [0, 0.1) is 0 Å². The molecule has 170 valence electrons. The Labute approximate surface area is 187 Å². The maximum atomic E-state index is 12.9. The zero-order valence-electron chi connectivity index (χ0n) is 17.2. The number of H-pyrrole nitrogens is 1. The SMILES string of the molecule is COc1ccc2[nH]cc(C3CCN(C(=O)c4cnc(OCC(F)(F)F)c(Cl)c4)CC3)c2c1. The van der Waals surface area contributed by atoms with Crippen molar-refractivity contribution in [2.45, 2.75) is 24.9 Å². The summed E-state index contributed by atoms with van der Waals surface area (Å²) in [7, 11) is 1.63. The van der Waals surface area contributed by atoms with Crippen molar-refractivity contribution in [1.82, 2.24) is 14.9 Å². The molecule has 2 aromatic heterocycles. The maximum Gasteiger partial charge on any atom is 0.422 e. The van der Waals surface area contributed by atoms with E-state index in [4.69, 9.17) is 16.3 Å². The minimum atomic E-state index is -4.50. The molecule has 0 saturated carbocycles. The number of pyridine rings is 1. The third kappa shape index (κ3) is 4.77. The van der Waals surface area contributed by atoms with Crippen LogP contribution in [0.4, 0.5) is 13.2 Å². The van der Waals surface area contributed by atoms with E-state index in [0.29, 0.717) is 19.0 Å². The van der Waals surface area contributed by atoms with Crippen LogP contribution >= 0.6 is 11.6 Å². The average molecular weight is 468 g/mol. The van der Waals surface area contributed by atoms with Gasteiger partial charge >= 0.3 is 6.18 Å². The van der Waals surface area contributed by atoms with Gasteiger partial charge in [0.15, 0.2) is 6.61 Å². The van der Waals surface area contributed by atoms with Gasteiger partial charge in [0.1, 0.15) is 10.8 Å². The summed E-state index contributed by atoms with van der Waals surface area (Å²) in [6.07, 6.45) is 0.265. The number of benzene rings is 1. The third-order valence-electron chi connectivity index (χ3n) is 5.57. The van der Waals surface area contributed by atoms with E-state index in [2.05, 4.69) is 14.7 Å². The molecule has 1 aromatic carbocycles.